The smallest absolute Gasteiger partial charge is 0.259 e. The third-order valence-corrected chi connectivity index (χ3v) is 10.4. The van der Waals surface area contributed by atoms with Crippen molar-refractivity contribution in [2.45, 2.75) is 53.5 Å². The first kappa shape index (κ1) is 29.7. The van der Waals surface area contributed by atoms with Gasteiger partial charge in [-0.15, -0.1) is 11.3 Å². The van der Waals surface area contributed by atoms with Gasteiger partial charge >= 0.3 is 0 Å². The zero-order valence-corrected chi connectivity index (χ0v) is 27.2. The van der Waals surface area contributed by atoms with Gasteiger partial charge in [0.25, 0.3) is 5.91 Å². The summed E-state index contributed by atoms with van der Waals surface area (Å²) in [6.07, 6.45) is 4.88. The van der Waals surface area contributed by atoms with Crippen LogP contribution in [0.4, 0.5) is 10.7 Å². The lowest BCUT2D eigenvalue weighted by molar-refractivity contribution is 0.102. The molecule has 1 amide bonds. The van der Waals surface area contributed by atoms with Crippen LogP contribution in [-0.4, -0.2) is 16.7 Å². The molecule has 5 aromatic rings. The Balaban J connectivity index is 1.41. The number of hydrogen-bond acceptors (Lipinski definition) is 3. The predicted molar refractivity (Wildman–Crippen MR) is 183 cm³/mol. The average Bonchev–Trinajstić information content (AvgIpc) is 3.47. The zero-order valence-electron chi connectivity index (χ0n) is 24.9. The van der Waals surface area contributed by atoms with E-state index in [-0.39, 0.29) is 11.3 Å². The molecule has 1 aliphatic rings. The number of fused-ring (bicyclic) bond motifs is 2. The zero-order chi connectivity index (χ0) is 30.3. The van der Waals surface area contributed by atoms with Gasteiger partial charge in [0.1, 0.15) is 5.00 Å². The maximum Gasteiger partial charge on any atom is 0.259 e. The number of anilines is 1. The molecule has 0 spiro atoms. The van der Waals surface area contributed by atoms with Crippen LogP contribution in [0.15, 0.2) is 77.8 Å². The van der Waals surface area contributed by atoms with E-state index in [1.54, 1.807) is 17.4 Å². The number of aliphatic imine (C=N–C) groups is 1. The van der Waals surface area contributed by atoms with Crippen molar-refractivity contribution < 1.29 is 4.79 Å². The molecule has 1 N–H and O–H groups in total. The summed E-state index contributed by atoms with van der Waals surface area (Å²) in [6, 6.07) is 23.6. The molecule has 0 aliphatic heterocycles. The Labute approximate surface area is 267 Å². The summed E-state index contributed by atoms with van der Waals surface area (Å²) in [7, 11) is 0. The highest BCUT2D eigenvalue weighted by atomic mass is 35.5. The van der Waals surface area contributed by atoms with E-state index in [1.807, 2.05) is 60.8 Å². The second-order valence-electron chi connectivity index (χ2n) is 12.4. The monoisotopic (exact) mass is 627 g/mol. The number of hydrogen-bond donors (Lipinski definition) is 1. The Morgan fingerprint density at radius 1 is 1.07 bits per heavy atom. The second-order valence-corrected chi connectivity index (χ2v) is 14.3. The molecule has 0 saturated heterocycles. The molecule has 0 saturated carbocycles. The first-order valence-electron chi connectivity index (χ1n) is 14.7. The predicted octanol–water partition coefficient (Wildman–Crippen LogP) is 10.5. The van der Waals surface area contributed by atoms with Crippen LogP contribution in [0, 0.1) is 18.3 Å². The van der Waals surface area contributed by atoms with E-state index in [0.29, 0.717) is 28.1 Å². The van der Waals surface area contributed by atoms with Crippen molar-refractivity contribution in [3.63, 3.8) is 0 Å². The molecule has 3 aromatic carbocycles. The number of nitrogens with one attached hydrogen (secondary N) is 1. The third-order valence-electron chi connectivity index (χ3n) is 8.66. The van der Waals surface area contributed by atoms with Gasteiger partial charge in [-0.05, 0) is 79.0 Å². The lowest BCUT2D eigenvalue weighted by Crippen LogP contribution is -2.27. The first-order valence-corrected chi connectivity index (χ1v) is 16.2. The fourth-order valence-corrected chi connectivity index (χ4v) is 7.86. The van der Waals surface area contributed by atoms with Crippen molar-refractivity contribution in [2.24, 2.45) is 16.3 Å². The number of nitrogens with zero attached hydrogens (tertiary/aromatic N) is 2. The van der Waals surface area contributed by atoms with E-state index in [9.17, 15) is 4.79 Å². The number of thiophene rings is 1. The lowest BCUT2D eigenvalue weighted by atomic mass is 9.72. The molecule has 2 aromatic heterocycles. The van der Waals surface area contributed by atoms with E-state index in [4.69, 9.17) is 28.2 Å². The summed E-state index contributed by atoms with van der Waals surface area (Å²) in [5.74, 6) is 0.474. The third kappa shape index (κ3) is 6.04. The minimum Gasteiger partial charge on any atom is -0.340 e. The van der Waals surface area contributed by atoms with Crippen molar-refractivity contribution in [1.29, 1.82) is 0 Å². The van der Waals surface area contributed by atoms with Crippen LogP contribution in [0.1, 0.15) is 64.8 Å². The minimum absolute atomic E-state index is 0.0958. The van der Waals surface area contributed by atoms with E-state index < -0.39 is 0 Å². The first-order chi connectivity index (χ1) is 20.6. The van der Waals surface area contributed by atoms with Crippen LogP contribution < -0.4 is 5.32 Å². The van der Waals surface area contributed by atoms with Crippen molar-refractivity contribution in [3.8, 4) is 0 Å². The van der Waals surface area contributed by atoms with Gasteiger partial charge in [-0.1, -0.05) is 86.4 Å². The summed E-state index contributed by atoms with van der Waals surface area (Å²) >= 11 is 14.4. The average molecular weight is 629 g/mol. The van der Waals surface area contributed by atoms with Crippen molar-refractivity contribution in [3.05, 3.63) is 116 Å². The van der Waals surface area contributed by atoms with Crippen LogP contribution >= 0.6 is 34.5 Å². The highest BCUT2D eigenvalue weighted by Crippen LogP contribution is 2.45. The van der Waals surface area contributed by atoms with Crippen molar-refractivity contribution in [1.82, 2.24) is 4.57 Å². The summed E-state index contributed by atoms with van der Waals surface area (Å²) in [4.78, 5) is 20.1. The Hall–Kier alpha value is -3.38. The molecular weight excluding hydrogens is 593 g/mol. The molecule has 1 aliphatic carbocycles. The highest BCUT2D eigenvalue weighted by molar-refractivity contribution is 7.16. The molecule has 0 unspecified atom stereocenters. The van der Waals surface area contributed by atoms with Crippen molar-refractivity contribution >= 4 is 68.3 Å². The Bertz CT molecular complexity index is 1850. The van der Waals surface area contributed by atoms with Gasteiger partial charge in [-0.3, -0.25) is 4.79 Å². The number of rotatable bonds is 6. The molecule has 4 nitrogen and oxygen atoms in total. The molecule has 43 heavy (non-hydrogen) atoms. The molecule has 6 rings (SSSR count). The highest BCUT2D eigenvalue weighted by Gasteiger charge is 2.33. The number of carbonyl (C=O) groups is 1. The fourth-order valence-electron chi connectivity index (χ4n) is 6.12. The minimum atomic E-state index is -0.0958. The van der Waals surface area contributed by atoms with Gasteiger partial charge in [-0.25, -0.2) is 4.99 Å². The molecular formula is C36H35Cl2N3OS. The maximum atomic E-state index is 13.8. The largest absolute Gasteiger partial charge is 0.340 e. The van der Waals surface area contributed by atoms with Crippen molar-refractivity contribution in [2.75, 3.05) is 5.32 Å². The lowest BCUT2D eigenvalue weighted by Gasteiger charge is -2.33. The summed E-state index contributed by atoms with van der Waals surface area (Å²) in [5.41, 5.74) is 7.08. The number of para-hydroxylation sites is 2. The number of aromatic nitrogens is 1. The van der Waals surface area contributed by atoms with Crippen LogP contribution in [0.2, 0.25) is 10.0 Å². The van der Waals surface area contributed by atoms with Gasteiger partial charge in [0, 0.05) is 55.5 Å². The SMILES string of the molecule is Cc1c(C=Nc2sc3c(c2C(=O)Nc2ccccc2)CC[C@H](C(C)(C)C)C3)c2ccccc2n1Cc1ccc(Cl)cc1Cl. The second kappa shape index (κ2) is 12.0. The van der Waals surface area contributed by atoms with Crippen LogP contribution in [0.25, 0.3) is 10.9 Å². The van der Waals surface area contributed by atoms with Crippen LogP contribution in [0.5, 0.6) is 0 Å². The van der Waals surface area contributed by atoms with Gasteiger partial charge in [0.15, 0.2) is 0 Å². The van der Waals surface area contributed by atoms with Crippen LogP contribution in [-0.2, 0) is 19.4 Å². The fraction of sp³-hybridized carbons (Fsp3) is 0.278. The number of benzene rings is 3. The molecule has 220 valence electrons. The standard InChI is InChI=1S/C36H35Cl2N3OS/c1-22-29(27-12-8-9-13-31(27)41(22)21-23-14-16-25(37)19-30(23)38)20-39-35-33(34(42)40-26-10-6-5-7-11-26)28-17-15-24(36(2,3)4)18-32(28)43-35/h5-14,16,19-20,24H,15,17-18,21H2,1-4H3,(H,40,42)/t24-/m0/s1. The van der Waals surface area contributed by atoms with Gasteiger partial charge in [-0.2, -0.15) is 0 Å². The molecule has 1 atom stereocenters. The maximum absolute atomic E-state index is 13.8. The molecule has 0 bridgehead atoms. The number of amides is 1. The quantitative estimate of drug-likeness (QED) is 0.187. The Kier molecular flexibility index (Phi) is 8.25. The van der Waals surface area contributed by atoms with E-state index in [1.165, 1.54) is 4.88 Å². The van der Waals surface area contributed by atoms with Crippen LogP contribution in [0.3, 0.4) is 0 Å². The Morgan fingerprint density at radius 3 is 2.56 bits per heavy atom. The van der Waals surface area contributed by atoms with Gasteiger partial charge in [0.2, 0.25) is 0 Å². The topological polar surface area (TPSA) is 46.4 Å². The van der Waals surface area contributed by atoms with Gasteiger partial charge in [0.05, 0.1) is 5.56 Å². The number of halogens is 2. The molecule has 0 radical (unpaired) electrons. The van der Waals surface area contributed by atoms with Gasteiger partial charge < -0.3 is 9.88 Å². The van der Waals surface area contributed by atoms with E-state index in [2.05, 4.69) is 49.7 Å². The van der Waals surface area contributed by atoms with E-state index >= 15 is 0 Å². The van der Waals surface area contributed by atoms with E-state index in [0.717, 1.165) is 63.2 Å². The molecule has 7 heteroatoms. The molecule has 2 heterocycles. The summed E-state index contributed by atoms with van der Waals surface area (Å²) in [6.45, 7) is 9.67. The Morgan fingerprint density at radius 2 is 1.81 bits per heavy atom. The number of carbonyl (C=O) groups excluding carboxylic acids is 1. The summed E-state index contributed by atoms with van der Waals surface area (Å²) in [5, 5.41) is 6.27. The normalized spacial score (nSPS) is 15.3. The molecule has 0 fully saturated rings. The summed E-state index contributed by atoms with van der Waals surface area (Å²) < 4.78 is 2.27.